The minimum absolute atomic E-state index is 0.288. The number of aromatic nitrogens is 2. The monoisotopic (exact) mass is 267 g/mol. The van der Waals surface area contributed by atoms with E-state index in [1.54, 1.807) is 0 Å². The van der Waals surface area contributed by atoms with Crippen molar-refractivity contribution >= 4 is 0 Å². The minimum Gasteiger partial charge on any atom is -0.304 e. The Kier molecular flexibility index (Phi) is 7.05. The van der Waals surface area contributed by atoms with E-state index >= 15 is 0 Å². The molecule has 0 saturated heterocycles. The molecule has 0 aliphatic carbocycles. The molecule has 0 amide bonds. The van der Waals surface area contributed by atoms with Crippen molar-refractivity contribution in [3.63, 3.8) is 0 Å². The Morgan fingerprint density at radius 3 is 2.53 bits per heavy atom. The summed E-state index contributed by atoms with van der Waals surface area (Å²) in [6.07, 6.45) is 3.97. The Hall–Kier alpha value is -0.910. The van der Waals surface area contributed by atoms with E-state index in [9.17, 15) is 0 Å². The Bertz CT molecular complexity index is 343. The largest absolute Gasteiger partial charge is 0.304 e. The highest BCUT2D eigenvalue weighted by Gasteiger charge is 2.12. The molecule has 1 rings (SSSR count). The molecule has 5 nitrogen and oxygen atoms in total. The highest BCUT2D eigenvalue weighted by atomic mass is 15.3. The second-order valence-corrected chi connectivity index (χ2v) is 5.26. The van der Waals surface area contributed by atoms with Crippen LogP contribution in [0.1, 0.15) is 45.9 Å². The molecule has 0 aliphatic heterocycles. The van der Waals surface area contributed by atoms with Gasteiger partial charge in [0.2, 0.25) is 0 Å². The number of rotatable bonds is 9. The maximum Gasteiger partial charge on any atom is 0.0640 e. The van der Waals surface area contributed by atoms with Crippen molar-refractivity contribution in [3.05, 3.63) is 18.0 Å². The van der Waals surface area contributed by atoms with Gasteiger partial charge in [0.15, 0.2) is 0 Å². The maximum absolute atomic E-state index is 5.65. The van der Waals surface area contributed by atoms with E-state index in [1.165, 1.54) is 0 Å². The second-order valence-electron chi connectivity index (χ2n) is 5.26. The molecule has 0 fully saturated rings. The minimum atomic E-state index is 0.288. The standard InChI is InChI=1S/C14H29N5/c1-5-18(6-2)9-7-13(16-15)11-14-8-10-19(17-14)12(3)4/h8,10,12-13,16H,5-7,9,11,15H2,1-4H3. The Labute approximate surface area is 117 Å². The quantitative estimate of drug-likeness (QED) is 0.527. The highest BCUT2D eigenvalue weighted by molar-refractivity contribution is 5.02. The Morgan fingerprint density at radius 1 is 1.37 bits per heavy atom. The van der Waals surface area contributed by atoms with Gasteiger partial charge in [-0.1, -0.05) is 13.8 Å². The molecule has 0 bridgehead atoms. The van der Waals surface area contributed by atoms with E-state index in [4.69, 9.17) is 5.84 Å². The van der Waals surface area contributed by atoms with Crippen LogP contribution in [0, 0.1) is 0 Å². The molecule has 0 spiro atoms. The lowest BCUT2D eigenvalue weighted by atomic mass is 10.1. The summed E-state index contributed by atoms with van der Waals surface area (Å²) < 4.78 is 1.99. The maximum atomic E-state index is 5.65. The third-order valence-corrected chi connectivity index (χ3v) is 3.57. The molecule has 1 aromatic rings. The van der Waals surface area contributed by atoms with Crippen molar-refractivity contribution < 1.29 is 0 Å². The van der Waals surface area contributed by atoms with Crippen LogP contribution in [0.4, 0.5) is 0 Å². The summed E-state index contributed by atoms with van der Waals surface area (Å²) in [5.74, 6) is 5.65. The van der Waals surface area contributed by atoms with Crippen LogP contribution in [-0.2, 0) is 6.42 Å². The van der Waals surface area contributed by atoms with E-state index in [-0.39, 0.29) is 6.04 Å². The van der Waals surface area contributed by atoms with Crippen LogP contribution in [0.15, 0.2) is 12.3 Å². The molecule has 1 atom stereocenters. The average molecular weight is 267 g/mol. The zero-order valence-electron chi connectivity index (χ0n) is 12.8. The zero-order valence-corrected chi connectivity index (χ0v) is 12.8. The van der Waals surface area contributed by atoms with Crippen molar-refractivity contribution in [2.75, 3.05) is 19.6 Å². The molecule has 1 unspecified atom stereocenters. The van der Waals surface area contributed by atoms with Crippen LogP contribution in [0.2, 0.25) is 0 Å². The molecular weight excluding hydrogens is 238 g/mol. The van der Waals surface area contributed by atoms with Gasteiger partial charge in [0, 0.05) is 24.7 Å². The molecule has 5 heteroatoms. The molecule has 19 heavy (non-hydrogen) atoms. The lowest BCUT2D eigenvalue weighted by Crippen LogP contribution is -2.40. The van der Waals surface area contributed by atoms with Crippen molar-refractivity contribution in [2.45, 2.75) is 52.6 Å². The predicted octanol–water partition coefficient (Wildman–Crippen LogP) is 1.57. The van der Waals surface area contributed by atoms with Crippen LogP contribution in [-0.4, -0.2) is 40.4 Å². The van der Waals surface area contributed by atoms with Crippen molar-refractivity contribution in [2.24, 2.45) is 5.84 Å². The summed E-state index contributed by atoms with van der Waals surface area (Å²) in [5.41, 5.74) is 4.02. The number of nitrogens with zero attached hydrogens (tertiary/aromatic N) is 3. The summed E-state index contributed by atoms with van der Waals surface area (Å²) in [6.45, 7) is 11.9. The first-order chi connectivity index (χ1) is 9.10. The summed E-state index contributed by atoms with van der Waals surface area (Å²) >= 11 is 0. The van der Waals surface area contributed by atoms with Gasteiger partial charge in [-0.2, -0.15) is 5.10 Å². The second kappa shape index (κ2) is 8.30. The topological polar surface area (TPSA) is 59.1 Å². The van der Waals surface area contributed by atoms with Crippen LogP contribution in [0.3, 0.4) is 0 Å². The van der Waals surface area contributed by atoms with E-state index in [0.717, 1.165) is 38.2 Å². The first kappa shape index (κ1) is 16.1. The van der Waals surface area contributed by atoms with Gasteiger partial charge in [-0.3, -0.25) is 16.0 Å². The van der Waals surface area contributed by atoms with Crippen LogP contribution < -0.4 is 11.3 Å². The summed E-state index contributed by atoms with van der Waals surface area (Å²) in [4.78, 5) is 2.41. The molecule has 3 N–H and O–H groups in total. The van der Waals surface area contributed by atoms with Crippen molar-refractivity contribution in [1.29, 1.82) is 0 Å². The van der Waals surface area contributed by atoms with Gasteiger partial charge >= 0.3 is 0 Å². The predicted molar refractivity (Wildman–Crippen MR) is 79.8 cm³/mol. The average Bonchev–Trinajstić information content (AvgIpc) is 2.87. The van der Waals surface area contributed by atoms with Gasteiger partial charge in [-0.25, -0.2) is 0 Å². The van der Waals surface area contributed by atoms with E-state index < -0.39 is 0 Å². The normalized spacial score (nSPS) is 13.4. The third kappa shape index (κ3) is 5.30. The number of nitrogens with two attached hydrogens (primary N) is 1. The molecule has 110 valence electrons. The van der Waals surface area contributed by atoms with Crippen molar-refractivity contribution in [1.82, 2.24) is 20.1 Å². The summed E-state index contributed by atoms with van der Waals surface area (Å²) in [7, 11) is 0. The van der Waals surface area contributed by atoms with Gasteiger partial charge in [0.1, 0.15) is 0 Å². The van der Waals surface area contributed by atoms with E-state index in [0.29, 0.717) is 6.04 Å². The number of nitrogens with one attached hydrogen (secondary N) is 1. The first-order valence-corrected chi connectivity index (χ1v) is 7.33. The van der Waals surface area contributed by atoms with Gasteiger partial charge < -0.3 is 4.90 Å². The van der Waals surface area contributed by atoms with Crippen molar-refractivity contribution in [3.8, 4) is 0 Å². The Balaban J connectivity index is 2.46. The van der Waals surface area contributed by atoms with Crippen LogP contribution in [0.25, 0.3) is 0 Å². The fourth-order valence-corrected chi connectivity index (χ4v) is 2.15. The van der Waals surface area contributed by atoms with Gasteiger partial charge in [-0.15, -0.1) is 0 Å². The van der Waals surface area contributed by atoms with Crippen LogP contribution in [0.5, 0.6) is 0 Å². The first-order valence-electron chi connectivity index (χ1n) is 7.33. The zero-order chi connectivity index (χ0) is 14.3. The fraction of sp³-hybridized carbons (Fsp3) is 0.786. The summed E-state index contributed by atoms with van der Waals surface area (Å²) in [6, 6.07) is 2.78. The van der Waals surface area contributed by atoms with E-state index in [1.807, 2.05) is 10.9 Å². The van der Waals surface area contributed by atoms with Crippen LogP contribution >= 0.6 is 0 Å². The molecule has 0 radical (unpaired) electrons. The molecule has 1 heterocycles. The fourth-order valence-electron chi connectivity index (χ4n) is 2.15. The molecule has 1 aromatic heterocycles. The molecular formula is C14H29N5. The molecule has 0 aliphatic rings. The SMILES string of the molecule is CCN(CC)CCC(Cc1ccn(C(C)C)n1)NN. The van der Waals surface area contributed by atoms with E-state index in [2.05, 4.69) is 49.2 Å². The number of hydrogen-bond donors (Lipinski definition) is 2. The molecule has 0 aromatic carbocycles. The third-order valence-electron chi connectivity index (χ3n) is 3.57. The number of hydrazine groups is 1. The molecule has 0 saturated carbocycles. The highest BCUT2D eigenvalue weighted by Crippen LogP contribution is 2.08. The smallest absolute Gasteiger partial charge is 0.0640 e. The van der Waals surface area contributed by atoms with Gasteiger partial charge in [-0.05, 0) is 46.0 Å². The number of hydrogen-bond acceptors (Lipinski definition) is 4. The lowest BCUT2D eigenvalue weighted by Gasteiger charge is -2.21. The van der Waals surface area contributed by atoms with Gasteiger partial charge in [0.05, 0.1) is 5.69 Å². The lowest BCUT2D eigenvalue weighted by molar-refractivity contribution is 0.280. The Morgan fingerprint density at radius 2 is 2.05 bits per heavy atom. The van der Waals surface area contributed by atoms with Gasteiger partial charge in [0.25, 0.3) is 0 Å². The summed E-state index contributed by atoms with van der Waals surface area (Å²) in [5, 5.41) is 4.57.